The van der Waals surface area contributed by atoms with Crippen LogP contribution in [0.4, 0.5) is 11.4 Å². The second-order valence-electron chi connectivity index (χ2n) is 5.43. The lowest BCUT2D eigenvalue weighted by Crippen LogP contribution is -2.05. The van der Waals surface area contributed by atoms with Gasteiger partial charge in [0.25, 0.3) is 0 Å². The Morgan fingerprint density at radius 3 is 2.89 bits per heavy atom. The van der Waals surface area contributed by atoms with Gasteiger partial charge in [0.2, 0.25) is 0 Å². The molecule has 3 nitrogen and oxygen atoms in total. The third kappa shape index (κ3) is 2.01. The van der Waals surface area contributed by atoms with E-state index in [0.29, 0.717) is 0 Å². The number of nitrogens with zero attached hydrogens (tertiary/aromatic N) is 1. The van der Waals surface area contributed by atoms with E-state index in [0.717, 1.165) is 35.1 Å². The topological polar surface area (TPSA) is 50.9 Å². The number of fused-ring (bicyclic) bond motifs is 1. The van der Waals surface area contributed by atoms with Crippen LogP contribution in [0.3, 0.4) is 0 Å². The molecule has 3 heteroatoms. The highest BCUT2D eigenvalue weighted by Gasteiger charge is 2.31. The number of nitrogens with two attached hydrogens (primary N) is 1. The fourth-order valence-electron chi connectivity index (χ4n) is 2.44. The Balaban J connectivity index is 1.95. The summed E-state index contributed by atoms with van der Waals surface area (Å²) in [6.45, 7) is 5.37. The molecule has 2 atom stereocenters. The average molecular weight is 241 g/mol. The van der Waals surface area contributed by atoms with Gasteiger partial charge < -0.3 is 11.1 Å². The van der Waals surface area contributed by atoms with E-state index in [1.807, 2.05) is 19.2 Å². The van der Waals surface area contributed by atoms with Crippen LogP contribution < -0.4 is 11.1 Å². The number of aromatic nitrogens is 1. The van der Waals surface area contributed by atoms with Gasteiger partial charge in [-0.2, -0.15) is 0 Å². The molecule has 2 aromatic rings. The van der Waals surface area contributed by atoms with Crippen LogP contribution >= 0.6 is 0 Å². The van der Waals surface area contributed by atoms with E-state index in [4.69, 9.17) is 5.73 Å². The Bertz CT molecular complexity index is 592. The summed E-state index contributed by atoms with van der Waals surface area (Å²) in [7, 11) is 0. The summed E-state index contributed by atoms with van der Waals surface area (Å²) in [5.74, 6) is 1.71. The molecule has 0 aliphatic heterocycles. The SMILES string of the molecule is Cc1cc2c(NCC3CC3C)ccc(N)c2cn1. The van der Waals surface area contributed by atoms with Crippen LogP contribution in [0.15, 0.2) is 24.4 Å². The van der Waals surface area contributed by atoms with Gasteiger partial charge in [0.15, 0.2) is 0 Å². The highest BCUT2D eigenvalue weighted by molar-refractivity contribution is 6.00. The van der Waals surface area contributed by atoms with Gasteiger partial charge >= 0.3 is 0 Å². The highest BCUT2D eigenvalue weighted by atomic mass is 14.9. The number of nitrogen functional groups attached to an aromatic ring is 1. The van der Waals surface area contributed by atoms with E-state index in [1.165, 1.54) is 17.5 Å². The monoisotopic (exact) mass is 241 g/mol. The van der Waals surface area contributed by atoms with Gasteiger partial charge in [0.1, 0.15) is 0 Å². The molecule has 3 rings (SSSR count). The number of pyridine rings is 1. The molecule has 2 unspecified atom stereocenters. The quantitative estimate of drug-likeness (QED) is 0.811. The number of hydrogen-bond donors (Lipinski definition) is 2. The van der Waals surface area contributed by atoms with Crippen LogP contribution in [0, 0.1) is 18.8 Å². The number of benzene rings is 1. The lowest BCUT2D eigenvalue weighted by Gasteiger charge is -2.11. The first-order chi connectivity index (χ1) is 8.65. The van der Waals surface area contributed by atoms with Crippen molar-refractivity contribution in [2.75, 3.05) is 17.6 Å². The Hall–Kier alpha value is -1.77. The van der Waals surface area contributed by atoms with Gasteiger partial charge in [-0.25, -0.2) is 0 Å². The molecule has 0 amide bonds. The minimum Gasteiger partial charge on any atom is -0.398 e. The fraction of sp³-hybridized carbons (Fsp3) is 0.400. The molecule has 0 radical (unpaired) electrons. The third-order valence-corrected chi connectivity index (χ3v) is 3.90. The van der Waals surface area contributed by atoms with Crippen molar-refractivity contribution in [1.29, 1.82) is 0 Å². The zero-order valence-electron chi connectivity index (χ0n) is 10.9. The maximum Gasteiger partial charge on any atom is 0.0422 e. The minimum atomic E-state index is 0.794. The zero-order chi connectivity index (χ0) is 12.7. The lowest BCUT2D eigenvalue weighted by atomic mass is 10.1. The Morgan fingerprint density at radius 2 is 2.17 bits per heavy atom. The molecule has 1 aromatic heterocycles. The number of nitrogens with one attached hydrogen (secondary N) is 1. The molecule has 0 saturated heterocycles. The van der Waals surface area contributed by atoms with Crippen LogP contribution in [0.25, 0.3) is 10.8 Å². The first kappa shape index (κ1) is 11.3. The Morgan fingerprint density at radius 1 is 1.39 bits per heavy atom. The van der Waals surface area contributed by atoms with Crippen molar-refractivity contribution in [1.82, 2.24) is 4.98 Å². The molecule has 1 aromatic carbocycles. The number of rotatable bonds is 3. The van der Waals surface area contributed by atoms with Crippen molar-refractivity contribution in [3.05, 3.63) is 30.1 Å². The molecule has 1 aliphatic rings. The largest absolute Gasteiger partial charge is 0.398 e. The smallest absolute Gasteiger partial charge is 0.0422 e. The van der Waals surface area contributed by atoms with E-state index < -0.39 is 0 Å². The van der Waals surface area contributed by atoms with Gasteiger partial charge in [0, 0.05) is 40.6 Å². The van der Waals surface area contributed by atoms with Crippen LogP contribution in [-0.2, 0) is 0 Å². The van der Waals surface area contributed by atoms with Crippen LogP contribution in [0.1, 0.15) is 19.0 Å². The number of anilines is 2. The molecule has 1 fully saturated rings. The molecule has 1 saturated carbocycles. The minimum absolute atomic E-state index is 0.794. The average Bonchev–Trinajstić information content (AvgIpc) is 3.04. The van der Waals surface area contributed by atoms with Gasteiger partial charge in [-0.1, -0.05) is 6.92 Å². The van der Waals surface area contributed by atoms with Gasteiger partial charge in [0.05, 0.1) is 0 Å². The molecule has 1 heterocycles. The summed E-state index contributed by atoms with van der Waals surface area (Å²) in [5.41, 5.74) is 8.99. The second kappa shape index (κ2) is 4.16. The van der Waals surface area contributed by atoms with Crippen molar-refractivity contribution < 1.29 is 0 Å². The van der Waals surface area contributed by atoms with Crippen LogP contribution in [-0.4, -0.2) is 11.5 Å². The van der Waals surface area contributed by atoms with Crippen molar-refractivity contribution in [2.45, 2.75) is 20.3 Å². The molecular formula is C15H19N3. The van der Waals surface area contributed by atoms with E-state index in [2.05, 4.69) is 29.4 Å². The zero-order valence-corrected chi connectivity index (χ0v) is 10.9. The number of aryl methyl sites for hydroxylation is 1. The van der Waals surface area contributed by atoms with Gasteiger partial charge in [-0.05, 0) is 43.4 Å². The first-order valence-electron chi connectivity index (χ1n) is 6.54. The number of hydrogen-bond acceptors (Lipinski definition) is 3. The maximum atomic E-state index is 6.00. The van der Waals surface area contributed by atoms with E-state index in [-0.39, 0.29) is 0 Å². The molecule has 1 aliphatic carbocycles. The molecule has 0 spiro atoms. The predicted octanol–water partition coefficient (Wildman–Crippen LogP) is 3.19. The normalized spacial score (nSPS) is 22.1. The fourth-order valence-corrected chi connectivity index (χ4v) is 2.44. The van der Waals surface area contributed by atoms with E-state index in [9.17, 15) is 0 Å². The molecule has 94 valence electrons. The molecule has 18 heavy (non-hydrogen) atoms. The second-order valence-corrected chi connectivity index (χ2v) is 5.43. The third-order valence-electron chi connectivity index (χ3n) is 3.90. The van der Waals surface area contributed by atoms with Crippen LogP contribution in [0.2, 0.25) is 0 Å². The highest BCUT2D eigenvalue weighted by Crippen LogP contribution is 2.38. The standard InChI is InChI=1S/C15H19N3/c1-9-5-11(9)7-18-15-4-3-14(16)13-8-17-10(2)6-12(13)15/h3-4,6,8-9,11,18H,5,7,16H2,1-2H3. The Kier molecular flexibility index (Phi) is 2.62. The Labute approximate surface area is 107 Å². The van der Waals surface area contributed by atoms with Crippen LogP contribution in [0.5, 0.6) is 0 Å². The van der Waals surface area contributed by atoms with E-state index >= 15 is 0 Å². The lowest BCUT2D eigenvalue weighted by molar-refractivity contribution is 0.788. The van der Waals surface area contributed by atoms with Crippen molar-refractivity contribution >= 4 is 22.1 Å². The molecule has 0 bridgehead atoms. The molecule has 3 N–H and O–H groups in total. The summed E-state index contributed by atoms with van der Waals surface area (Å²) in [4.78, 5) is 4.32. The summed E-state index contributed by atoms with van der Waals surface area (Å²) >= 11 is 0. The summed E-state index contributed by atoms with van der Waals surface area (Å²) in [6.07, 6.45) is 3.21. The summed E-state index contributed by atoms with van der Waals surface area (Å²) < 4.78 is 0. The van der Waals surface area contributed by atoms with Crippen molar-refractivity contribution in [3.63, 3.8) is 0 Å². The summed E-state index contributed by atoms with van der Waals surface area (Å²) in [6, 6.07) is 6.13. The molecular weight excluding hydrogens is 222 g/mol. The maximum absolute atomic E-state index is 6.00. The van der Waals surface area contributed by atoms with Crippen molar-refractivity contribution in [3.8, 4) is 0 Å². The van der Waals surface area contributed by atoms with E-state index in [1.54, 1.807) is 0 Å². The first-order valence-corrected chi connectivity index (χ1v) is 6.54. The predicted molar refractivity (Wildman–Crippen MR) is 76.7 cm³/mol. The van der Waals surface area contributed by atoms with Gasteiger partial charge in [-0.15, -0.1) is 0 Å². The summed E-state index contributed by atoms with van der Waals surface area (Å²) in [5, 5.41) is 5.76. The van der Waals surface area contributed by atoms with Gasteiger partial charge in [-0.3, -0.25) is 4.98 Å². The van der Waals surface area contributed by atoms with Crippen molar-refractivity contribution in [2.24, 2.45) is 11.8 Å².